The summed E-state index contributed by atoms with van der Waals surface area (Å²) in [6.45, 7) is 4.71. The Kier molecular flexibility index (Phi) is 7.43. The summed E-state index contributed by atoms with van der Waals surface area (Å²) < 4.78 is 11.7. The second-order valence-electron chi connectivity index (χ2n) is 6.36. The quantitative estimate of drug-likeness (QED) is 0.347. The molecule has 0 aliphatic heterocycles. The number of aryl methyl sites for hydroxylation is 1. The summed E-state index contributed by atoms with van der Waals surface area (Å²) in [5.41, 5.74) is 3.55. The molecule has 0 N–H and O–H groups in total. The first-order valence-electron chi connectivity index (χ1n) is 9.10. The zero-order valence-electron chi connectivity index (χ0n) is 16.1. The van der Waals surface area contributed by atoms with Crippen LogP contribution < -0.4 is 9.47 Å². The first-order valence-corrected chi connectivity index (χ1v) is 10.2. The monoisotopic (exact) mass is 447 g/mol. The van der Waals surface area contributed by atoms with Crippen LogP contribution in [0.5, 0.6) is 11.5 Å². The number of ether oxygens (including phenoxy) is 2. The van der Waals surface area contributed by atoms with Crippen LogP contribution in [-0.4, -0.2) is 12.8 Å². The number of hydrogen-bond donors (Lipinski definition) is 0. The van der Waals surface area contributed by atoms with Gasteiger partial charge in [0.15, 0.2) is 11.5 Å². The van der Waals surface area contributed by atoms with Crippen LogP contribution in [-0.2, 0) is 6.61 Å². The molecule has 3 aromatic rings. The fraction of sp³-hybridized carbons (Fsp3) is 0.174. The predicted octanol–water partition coefficient (Wildman–Crippen LogP) is 7.68. The predicted molar refractivity (Wildman–Crippen MR) is 122 cm³/mol. The van der Waals surface area contributed by atoms with E-state index in [-0.39, 0.29) is 0 Å². The molecule has 3 rings (SSSR count). The molecule has 150 valence electrons. The van der Waals surface area contributed by atoms with Crippen LogP contribution in [0.1, 0.15) is 23.6 Å². The number of hydrogen-bond acceptors (Lipinski definition) is 3. The van der Waals surface area contributed by atoms with Gasteiger partial charge in [-0.25, -0.2) is 0 Å². The van der Waals surface area contributed by atoms with Crippen molar-refractivity contribution in [3.05, 3.63) is 86.4 Å². The highest BCUT2D eigenvalue weighted by Crippen LogP contribution is 2.30. The van der Waals surface area contributed by atoms with Crippen molar-refractivity contribution in [2.24, 2.45) is 4.99 Å². The normalized spacial score (nSPS) is 11.1. The molecule has 0 bridgehead atoms. The van der Waals surface area contributed by atoms with Crippen LogP contribution in [0.4, 0.5) is 5.69 Å². The number of rotatable bonds is 7. The summed E-state index contributed by atoms with van der Waals surface area (Å²) in [6, 6.07) is 16.7. The Hall–Kier alpha value is -2.20. The lowest BCUT2D eigenvalue weighted by Crippen LogP contribution is -2.01. The largest absolute Gasteiger partial charge is 0.490 e. The Morgan fingerprint density at radius 2 is 1.69 bits per heavy atom. The molecule has 0 spiro atoms. The van der Waals surface area contributed by atoms with Gasteiger partial charge in [-0.3, -0.25) is 4.99 Å². The molecular weight excluding hydrogens is 429 g/mol. The topological polar surface area (TPSA) is 30.8 Å². The van der Waals surface area contributed by atoms with Crippen LogP contribution in [0.15, 0.2) is 59.6 Å². The smallest absolute Gasteiger partial charge is 0.161 e. The highest BCUT2D eigenvalue weighted by Gasteiger charge is 2.08. The maximum atomic E-state index is 6.22. The van der Waals surface area contributed by atoms with Gasteiger partial charge in [0, 0.05) is 26.8 Å². The fourth-order valence-corrected chi connectivity index (χ4v) is 3.24. The number of benzene rings is 3. The van der Waals surface area contributed by atoms with Gasteiger partial charge in [-0.15, -0.1) is 0 Å². The van der Waals surface area contributed by atoms with E-state index in [2.05, 4.69) is 4.99 Å². The van der Waals surface area contributed by atoms with Crippen LogP contribution in [0.2, 0.25) is 15.1 Å². The molecule has 0 amide bonds. The zero-order chi connectivity index (χ0) is 20.8. The average molecular weight is 449 g/mol. The summed E-state index contributed by atoms with van der Waals surface area (Å²) in [7, 11) is 0. The minimum absolute atomic E-state index is 0.311. The minimum Gasteiger partial charge on any atom is -0.490 e. The molecule has 0 aliphatic carbocycles. The van der Waals surface area contributed by atoms with Crippen LogP contribution in [0.25, 0.3) is 0 Å². The average Bonchev–Trinajstić information content (AvgIpc) is 2.69. The van der Waals surface area contributed by atoms with Crippen molar-refractivity contribution in [3.63, 3.8) is 0 Å². The van der Waals surface area contributed by atoms with Gasteiger partial charge in [0.25, 0.3) is 0 Å². The number of nitrogens with zero attached hydrogens (tertiary/aromatic N) is 1. The molecule has 3 aromatic carbocycles. The Labute approximate surface area is 185 Å². The van der Waals surface area contributed by atoms with Crippen LogP contribution in [0, 0.1) is 6.92 Å². The van der Waals surface area contributed by atoms with Crippen molar-refractivity contribution >= 4 is 46.7 Å². The van der Waals surface area contributed by atoms with E-state index in [1.807, 2.05) is 56.3 Å². The lowest BCUT2D eigenvalue weighted by molar-refractivity contribution is 0.269. The Morgan fingerprint density at radius 1 is 0.862 bits per heavy atom. The third-order valence-electron chi connectivity index (χ3n) is 4.18. The fourth-order valence-electron chi connectivity index (χ4n) is 2.60. The maximum absolute atomic E-state index is 6.22. The number of halogens is 3. The standard InChI is InChI=1S/C23H20Cl3NO2/c1-3-28-23-10-16(13-27-19-8-4-15(2)20(25)12-19)5-9-22(23)29-14-17-6-7-18(24)11-21(17)26/h4-13H,3,14H2,1-2H3. The van der Waals surface area contributed by atoms with E-state index in [0.29, 0.717) is 39.8 Å². The molecule has 0 aromatic heterocycles. The van der Waals surface area contributed by atoms with E-state index < -0.39 is 0 Å². The van der Waals surface area contributed by atoms with Gasteiger partial charge in [0.1, 0.15) is 6.61 Å². The van der Waals surface area contributed by atoms with E-state index in [4.69, 9.17) is 44.3 Å². The van der Waals surface area contributed by atoms with Gasteiger partial charge in [0.05, 0.1) is 12.3 Å². The Balaban J connectivity index is 1.77. The van der Waals surface area contributed by atoms with E-state index in [9.17, 15) is 0 Å². The second-order valence-corrected chi connectivity index (χ2v) is 7.61. The number of aliphatic imine (C=N–C) groups is 1. The molecule has 0 atom stereocenters. The molecule has 0 unspecified atom stereocenters. The van der Waals surface area contributed by atoms with Gasteiger partial charge in [-0.05, 0) is 67.4 Å². The Bertz CT molecular complexity index is 1030. The van der Waals surface area contributed by atoms with Crippen LogP contribution >= 0.6 is 34.8 Å². The Morgan fingerprint density at radius 3 is 2.41 bits per heavy atom. The molecule has 0 aliphatic rings. The second kappa shape index (κ2) is 10.0. The van der Waals surface area contributed by atoms with Crippen molar-refractivity contribution in [2.45, 2.75) is 20.5 Å². The molecule has 0 heterocycles. The summed E-state index contributed by atoms with van der Waals surface area (Å²) in [6.07, 6.45) is 1.77. The lowest BCUT2D eigenvalue weighted by Gasteiger charge is -2.13. The summed E-state index contributed by atoms with van der Waals surface area (Å²) in [5, 5.41) is 1.85. The van der Waals surface area contributed by atoms with Crippen molar-refractivity contribution < 1.29 is 9.47 Å². The lowest BCUT2D eigenvalue weighted by atomic mass is 10.2. The van der Waals surface area contributed by atoms with Crippen molar-refractivity contribution in [1.82, 2.24) is 0 Å². The molecule has 0 radical (unpaired) electrons. The van der Waals surface area contributed by atoms with Crippen LogP contribution in [0.3, 0.4) is 0 Å². The third kappa shape index (κ3) is 5.89. The van der Waals surface area contributed by atoms with Crippen molar-refractivity contribution in [3.8, 4) is 11.5 Å². The molecule has 29 heavy (non-hydrogen) atoms. The van der Waals surface area contributed by atoms with Gasteiger partial charge in [-0.1, -0.05) is 46.9 Å². The first-order chi connectivity index (χ1) is 14.0. The van der Waals surface area contributed by atoms with E-state index >= 15 is 0 Å². The zero-order valence-corrected chi connectivity index (χ0v) is 18.4. The highest BCUT2D eigenvalue weighted by molar-refractivity contribution is 6.35. The molecule has 0 saturated heterocycles. The van der Waals surface area contributed by atoms with Crippen molar-refractivity contribution in [2.75, 3.05) is 6.61 Å². The summed E-state index contributed by atoms with van der Waals surface area (Å²) >= 11 is 18.3. The molecule has 0 saturated carbocycles. The first kappa shape index (κ1) is 21.5. The van der Waals surface area contributed by atoms with E-state index in [1.54, 1.807) is 18.3 Å². The van der Waals surface area contributed by atoms with Gasteiger partial charge < -0.3 is 9.47 Å². The SMILES string of the molecule is CCOc1cc(C=Nc2ccc(C)c(Cl)c2)ccc1OCc1ccc(Cl)cc1Cl. The molecule has 0 fully saturated rings. The van der Waals surface area contributed by atoms with Gasteiger partial charge >= 0.3 is 0 Å². The third-order valence-corrected chi connectivity index (χ3v) is 5.18. The molecule has 3 nitrogen and oxygen atoms in total. The minimum atomic E-state index is 0.311. The maximum Gasteiger partial charge on any atom is 0.161 e. The highest BCUT2D eigenvalue weighted by atomic mass is 35.5. The molecular formula is C23H20Cl3NO2. The summed E-state index contributed by atoms with van der Waals surface area (Å²) in [5.74, 6) is 1.27. The van der Waals surface area contributed by atoms with Gasteiger partial charge in [0.2, 0.25) is 0 Å². The van der Waals surface area contributed by atoms with Crippen molar-refractivity contribution in [1.29, 1.82) is 0 Å². The van der Waals surface area contributed by atoms with Gasteiger partial charge in [-0.2, -0.15) is 0 Å². The van der Waals surface area contributed by atoms with E-state index in [0.717, 1.165) is 22.4 Å². The van der Waals surface area contributed by atoms with E-state index in [1.165, 1.54) is 0 Å². The summed E-state index contributed by atoms with van der Waals surface area (Å²) in [4.78, 5) is 4.49. The molecule has 6 heteroatoms.